The van der Waals surface area contributed by atoms with Gasteiger partial charge < -0.3 is 5.32 Å². The van der Waals surface area contributed by atoms with Gasteiger partial charge in [0.1, 0.15) is 6.33 Å². The van der Waals surface area contributed by atoms with E-state index in [2.05, 4.69) is 36.8 Å². The lowest BCUT2D eigenvalue weighted by molar-refractivity contribution is -0.113. The van der Waals surface area contributed by atoms with Gasteiger partial charge in [0.15, 0.2) is 0 Å². The Bertz CT molecular complexity index is 853. The first-order valence-electron chi connectivity index (χ1n) is 7.14. The molecule has 0 atom stereocenters. The molecule has 24 heavy (non-hydrogen) atoms. The fourth-order valence-electron chi connectivity index (χ4n) is 2.12. The highest BCUT2D eigenvalue weighted by molar-refractivity contribution is 9.10. The zero-order valence-corrected chi connectivity index (χ0v) is 15.2. The summed E-state index contributed by atoms with van der Waals surface area (Å²) >= 11 is 4.95. The lowest BCUT2D eigenvalue weighted by Crippen LogP contribution is -2.14. The molecule has 1 N–H and O–H groups in total. The predicted molar refractivity (Wildman–Crippen MR) is 97.4 cm³/mol. The minimum Gasteiger partial charge on any atom is -0.325 e. The van der Waals surface area contributed by atoms with Gasteiger partial charge in [-0.15, -0.1) is 16.9 Å². The second kappa shape index (κ2) is 7.59. The van der Waals surface area contributed by atoms with Crippen molar-refractivity contribution in [3.05, 3.63) is 58.8 Å². The van der Waals surface area contributed by atoms with E-state index in [-0.39, 0.29) is 5.91 Å². The second-order valence-corrected chi connectivity index (χ2v) is 6.98. The van der Waals surface area contributed by atoms with Crippen molar-refractivity contribution in [3.8, 4) is 5.69 Å². The van der Waals surface area contributed by atoms with Gasteiger partial charge in [0.05, 0.1) is 11.4 Å². The molecule has 1 heterocycles. The van der Waals surface area contributed by atoms with E-state index in [1.165, 1.54) is 22.8 Å². The molecule has 0 bridgehead atoms. The van der Waals surface area contributed by atoms with Gasteiger partial charge in [-0.05, 0) is 59.3 Å². The number of carbonyl (C=O) groups is 1. The molecular formula is C16H14BrN5OS. The molecule has 0 fully saturated rings. The maximum absolute atomic E-state index is 12.2. The minimum atomic E-state index is -0.0591. The normalized spacial score (nSPS) is 10.6. The average Bonchev–Trinajstić information content (AvgIpc) is 3.09. The molecule has 0 aliphatic heterocycles. The predicted octanol–water partition coefficient (Wildman–Crippen LogP) is 3.46. The number of nitrogens with one attached hydrogen (secondary N) is 1. The molecule has 0 spiro atoms. The van der Waals surface area contributed by atoms with Gasteiger partial charge in [-0.25, -0.2) is 4.68 Å². The minimum absolute atomic E-state index is 0.0591. The SMILES string of the molecule is Cc1cc(Br)ccc1SCC(=O)Nc1cccc(-n2cnnn2)c1. The molecule has 2 aromatic carbocycles. The first-order valence-corrected chi connectivity index (χ1v) is 8.92. The number of aromatic nitrogens is 4. The number of hydrogen-bond donors (Lipinski definition) is 1. The summed E-state index contributed by atoms with van der Waals surface area (Å²) in [5.74, 6) is 0.286. The summed E-state index contributed by atoms with van der Waals surface area (Å²) in [7, 11) is 0. The van der Waals surface area contributed by atoms with Crippen LogP contribution in [0.1, 0.15) is 5.56 Å². The Labute approximate surface area is 151 Å². The second-order valence-electron chi connectivity index (χ2n) is 5.05. The molecule has 1 amide bonds. The average molecular weight is 404 g/mol. The Balaban J connectivity index is 1.62. The molecule has 0 unspecified atom stereocenters. The Kier molecular flexibility index (Phi) is 5.27. The molecule has 0 radical (unpaired) electrons. The van der Waals surface area contributed by atoms with Crippen molar-refractivity contribution < 1.29 is 4.79 Å². The number of benzene rings is 2. The number of tetrazole rings is 1. The van der Waals surface area contributed by atoms with Crippen molar-refractivity contribution in [1.82, 2.24) is 20.2 Å². The first-order chi connectivity index (χ1) is 11.6. The fourth-order valence-corrected chi connectivity index (χ4v) is 3.41. The van der Waals surface area contributed by atoms with Crippen LogP contribution in [-0.4, -0.2) is 31.9 Å². The van der Waals surface area contributed by atoms with Crippen LogP contribution in [0.3, 0.4) is 0 Å². The molecule has 122 valence electrons. The maximum Gasteiger partial charge on any atom is 0.234 e. The third-order valence-corrected chi connectivity index (χ3v) is 4.91. The van der Waals surface area contributed by atoms with Crippen LogP contribution in [-0.2, 0) is 4.79 Å². The van der Waals surface area contributed by atoms with E-state index in [0.29, 0.717) is 11.4 Å². The van der Waals surface area contributed by atoms with Gasteiger partial charge in [-0.3, -0.25) is 4.79 Å². The number of nitrogens with zero attached hydrogens (tertiary/aromatic N) is 4. The molecule has 0 saturated heterocycles. The van der Waals surface area contributed by atoms with Crippen LogP contribution in [0.25, 0.3) is 5.69 Å². The van der Waals surface area contributed by atoms with E-state index >= 15 is 0 Å². The van der Waals surface area contributed by atoms with Crippen LogP contribution < -0.4 is 5.32 Å². The zero-order valence-electron chi connectivity index (χ0n) is 12.8. The molecule has 0 aliphatic carbocycles. The third kappa shape index (κ3) is 4.21. The van der Waals surface area contributed by atoms with Crippen LogP contribution >= 0.6 is 27.7 Å². The number of anilines is 1. The van der Waals surface area contributed by atoms with Crippen molar-refractivity contribution in [3.63, 3.8) is 0 Å². The molecule has 6 nitrogen and oxygen atoms in total. The molecular weight excluding hydrogens is 390 g/mol. The highest BCUT2D eigenvalue weighted by Crippen LogP contribution is 2.25. The summed E-state index contributed by atoms with van der Waals surface area (Å²) in [5.41, 5.74) is 2.64. The van der Waals surface area contributed by atoms with Crippen LogP contribution in [0.4, 0.5) is 5.69 Å². The summed E-state index contributed by atoms with van der Waals surface area (Å²) in [4.78, 5) is 13.3. The first kappa shape index (κ1) is 16.7. The van der Waals surface area contributed by atoms with Gasteiger partial charge in [0.25, 0.3) is 0 Å². The van der Waals surface area contributed by atoms with Crippen LogP contribution in [0.15, 0.2) is 58.2 Å². The summed E-state index contributed by atoms with van der Waals surface area (Å²) in [6.07, 6.45) is 1.51. The number of amides is 1. The van der Waals surface area contributed by atoms with Crippen molar-refractivity contribution in [2.75, 3.05) is 11.1 Å². The molecule has 1 aromatic heterocycles. The smallest absolute Gasteiger partial charge is 0.234 e. The third-order valence-electron chi connectivity index (χ3n) is 3.24. The van der Waals surface area contributed by atoms with E-state index in [9.17, 15) is 4.79 Å². The number of hydrogen-bond acceptors (Lipinski definition) is 5. The lowest BCUT2D eigenvalue weighted by Gasteiger charge is -2.08. The largest absolute Gasteiger partial charge is 0.325 e. The summed E-state index contributed by atoms with van der Waals surface area (Å²) in [6, 6.07) is 13.4. The topological polar surface area (TPSA) is 72.7 Å². The molecule has 3 aromatic rings. The molecule has 8 heteroatoms. The molecule has 0 aliphatic rings. The highest BCUT2D eigenvalue weighted by atomic mass is 79.9. The lowest BCUT2D eigenvalue weighted by atomic mass is 10.2. The Hall–Kier alpha value is -2.19. The Morgan fingerprint density at radius 1 is 1.29 bits per heavy atom. The zero-order chi connectivity index (χ0) is 16.9. The maximum atomic E-state index is 12.2. The van der Waals surface area contributed by atoms with Crippen molar-refractivity contribution in [2.45, 2.75) is 11.8 Å². The van der Waals surface area contributed by atoms with Crippen LogP contribution in [0, 0.1) is 6.92 Å². The van der Waals surface area contributed by atoms with Crippen molar-refractivity contribution in [2.24, 2.45) is 0 Å². The van der Waals surface area contributed by atoms with Crippen molar-refractivity contribution in [1.29, 1.82) is 0 Å². The van der Waals surface area contributed by atoms with Gasteiger partial charge in [-0.2, -0.15) is 0 Å². The van der Waals surface area contributed by atoms with Gasteiger partial charge in [0.2, 0.25) is 5.91 Å². The van der Waals surface area contributed by atoms with E-state index in [1.807, 2.05) is 49.4 Å². The summed E-state index contributed by atoms with van der Waals surface area (Å²) in [6.45, 7) is 2.03. The van der Waals surface area contributed by atoms with Gasteiger partial charge in [-0.1, -0.05) is 22.0 Å². The number of carbonyl (C=O) groups excluding carboxylic acids is 1. The van der Waals surface area contributed by atoms with Crippen LogP contribution in [0.2, 0.25) is 0 Å². The van der Waals surface area contributed by atoms with Crippen molar-refractivity contribution >= 4 is 39.3 Å². The number of rotatable bonds is 5. The van der Waals surface area contributed by atoms with Crippen LogP contribution in [0.5, 0.6) is 0 Å². The number of aryl methyl sites for hydroxylation is 1. The van der Waals surface area contributed by atoms with E-state index in [1.54, 1.807) is 0 Å². The Morgan fingerprint density at radius 2 is 2.17 bits per heavy atom. The fraction of sp³-hybridized carbons (Fsp3) is 0.125. The molecule has 3 rings (SSSR count). The molecule has 0 saturated carbocycles. The number of halogens is 1. The summed E-state index contributed by atoms with van der Waals surface area (Å²) < 4.78 is 2.57. The van der Waals surface area contributed by atoms with Gasteiger partial charge in [0, 0.05) is 15.1 Å². The van der Waals surface area contributed by atoms with E-state index in [4.69, 9.17) is 0 Å². The van der Waals surface area contributed by atoms with Gasteiger partial charge >= 0.3 is 0 Å². The number of thioether (sulfide) groups is 1. The van der Waals surface area contributed by atoms with E-state index in [0.717, 1.165) is 20.6 Å². The highest BCUT2D eigenvalue weighted by Gasteiger charge is 2.07. The van der Waals surface area contributed by atoms with E-state index < -0.39 is 0 Å². The Morgan fingerprint density at radius 3 is 2.92 bits per heavy atom. The summed E-state index contributed by atoms with van der Waals surface area (Å²) in [5, 5.41) is 13.9. The quantitative estimate of drug-likeness (QED) is 0.660. The monoisotopic (exact) mass is 403 g/mol. The standard InChI is InChI=1S/C16H14BrN5OS/c1-11-7-12(17)5-6-15(11)24-9-16(23)19-13-3-2-4-14(8-13)22-10-18-20-21-22/h2-8,10H,9H2,1H3,(H,19,23).